The SMILES string of the molecule is Cc1ccc(C(=O)N2CCN(c3nnc4cccc(C)n34)CC2)cc1. The third-order valence-electron chi connectivity index (χ3n) is 4.75. The Labute approximate surface area is 146 Å². The summed E-state index contributed by atoms with van der Waals surface area (Å²) in [4.78, 5) is 16.8. The lowest BCUT2D eigenvalue weighted by atomic mass is 10.1. The molecule has 0 spiro atoms. The Morgan fingerprint density at radius 3 is 2.36 bits per heavy atom. The van der Waals surface area contributed by atoms with Gasteiger partial charge in [0.2, 0.25) is 5.95 Å². The zero-order valence-corrected chi connectivity index (χ0v) is 14.5. The number of hydrogen-bond acceptors (Lipinski definition) is 4. The Bertz CT molecular complexity index is 907. The van der Waals surface area contributed by atoms with Crippen LogP contribution in [0.3, 0.4) is 0 Å². The lowest BCUT2D eigenvalue weighted by Crippen LogP contribution is -2.49. The maximum Gasteiger partial charge on any atom is 0.253 e. The van der Waals surface area contributed by atoms with E-state index in [0.29, 0.717) is 13.1 Å². The molecule has 1 aliphatic rings. The van der Waals surface area contributed by atoms with Gasteiger partial charge < -0.3 is 9.80 Å². The summed E-state index contributed by atoms with van der Waals surface area (Å²) in [5.74, 6) is 0.956. The minimum atomic E-state index is 0.0990. The molecule has 0 aliphatic carbocycles. The Hall–Kier alpha value is -2.89. The van der Waals surface area contributed by atoms with Gasteiger partial charge >= 0.3 is 0 Å². The number of carbonyl (C=O) groups excluding carboxylic acids is 1. The van der Waals surface area contributed by atoms with Crippen LogP contribution in [-0.2, 0) is 0 Å². The lowest BCUT2D eigenvalue weighted by Gasteiger charge is -2.34. The summed E-state index contributed by atoms with van der Waals surface area (Å²) in [7, 11) is 0. The normalized spacial score (nSPS) is 15.0. The van der Waals surface area contributed by atoms with Crippen LogP contribution < -0.4 is 4.90 Å². The Kier molecular flexibility index (Phi) is 3.87. The van der Waals surface area contributed by atoms with E-state index >= 15 is 0 Å². The van der Waals surface area contributed by atoms with Gasteiger partial charge in [0.15, 0.2) is 5.65 Å². The number of nitrogens with zero attached hydrogens (tertiary/aromatic N) is 5. The number of amides is 1. The summed E-state index contributed by atoms with van der Waals surface area (Å²) in [5, 5.41) is 8.61. The fraction of sp³-hybridized carbons (Fsp3) is 0.316. The van der Waals surface area contributed by atoms with Gasteiger partial charge in [0.1, 0.15) is 0 Å². The molecule has 6 nitrogen and oxygen atoms in total. The number of aryl methyl sites for hydroxylation is 2. The minimum Gasteiger partial charge on any atom is -0.337 e. The topological polar surface area (TPSA) is 53.7 Å². The van der Waals surface area contributed by atoms with Crippen LogP contribution in [0, 0.1) is 13.8 Å². The molecule has 1 fully saturated rings. The van der Waals surface area contributed by atoms with Crippen molar-refractivity contribution < 1.29 is 4.79 Å². The first kappa shape index (κ1) is 15.6. The number of pyridine rings is 1. The molecule has 1 aliphatic heterocycles. The molecule has 3 heterocycles. The predicted molar refractivity (Wildman–Crippen MR) is 97.0 cm³/mol. The zero-order chi connectivity index (χ0) is 17.4. The van der Waals surface area contributed by atoms with Gasteiger partial charge in [-0.3, -0.25) is 9.20 Å². The van der Waals surface area contributed by atoms with E-state index in [1.165, 1.54) is 0 Å². The fourth-order valence-corrected chi connectivity index (χ4v) is 3.28. The second-order valence-corrected chi connectivity index (χ2v) is 6.51. The molecule has 6 heteroatoms. The van der Waals surface area contributed by atoms with Crippen LogP contribution in [0.4, 0.5) is 5.95 Å². The number of anilines is 1. The molecule has 128 valence electrons. The molecule has 2 aromatic heterocycles. The van der Waals surface area contributed by atoms with Crippen molar-refractivity contribution in [1.29, 1.82) is 0 Å². The predicted octanol–water partition coefficient (Wildman–Crippen LogP) is 2.31. The van der Waals surface area contributed by atoms with Crippen molar-refractivity contribution >= 4 is 17.5 Å². The van der Waals surface area contributed by atoms with Gasteiger partial charge in [-0.05, 0) is 38.1 Å². The fourth-order valence-electron chi connectivity index (χ4n) is 3.28. The molecule has 0 atom stereocenters. The highest BCUT2D eigenvalue weighted by atomic mass is 16.2. The van der Waals surface area contributed by atoms with Gasteiger partial charge in [-0.2, -0.15) is 0 Å². The zero-order valence-electron chi connectivity index (χ0n) is 14.5. The summed E-state index contributed by atoms with van der Waals surface area (Å²) >= 11 is 0. The van der Waals surface area contributed by atoms with Crippen LogP contribution in [0.25, 0.3) is 5.65 Å². The van der Waals surface area contributed by atoms with E-state index in [-0.39, 0.29) is 5.91 Å². The van der Waals surface area contributed by atoms with Crippen molar-refractivity contribution in [2.75, 3.05) is 31.1 Å². The standard InChI is InChI=1S/C19H21N5O/c1-14-6-8-16(9-7-14)18(25)22-10-12-23(13-11-22)19-21-20-17-5-3-4-15(2)24(17)19/h3-9H,10-13H2,1-2H3. The number of carbonyl (C=O) groups is 1. The molecular formula is C19H21N5O. The third-order valence-corrected chi connectivity index (χ3v) is 4.75. The molecule has 1 saturated heterocycles. The summed E-state index contributed by atoms with van der Waals surface area (Å²) < 4.78 is 2.07. The molecule has 0 saturated carbocycles. The second-order valence-electron chi connectivity index (χ2n) is 6.51. The van der Waals surface area contributed by atoms with E-state index in [4.69, 9.17) is 0 Å². The molecule has 1 aromatic carbocycles. The Morgan fingerprint density at radius 1 is 0.920 bits per heavy atom. The van der Waals surface area contributed by atoms with Crippen molar-refractivity contribution in [3.8, 4) is 0 Å². The molecule has 1 amide bonds. The number of fused-ring (bicyclic) bond motifs is 1. The third kappa shape index (κ3) is 2.84. The smallest absolute Gasteiger partial charge is 0.253 e. The van der Waals surface area contributed by atoms with Gasteiger partial charge in [0.05, 0.1) is 0 Å². The molecule has 0 bridgehead atoms. The minimum absolute atomic E-state index is 0.0990. The first-order valence-electron chi connectivity index (χ1n) is 8.55. The van der Waals surface area contributed by atoms with E-state index in [0.717, 1.165) is 41.5 Å². The maximum absolute atomic E-state index is 12.6. The Balaban J connectivity index is 1.49. The first-order chi connectivity index (χ1) is 12.1. The van der Waals surface area contributed by atoms with Crippen LogP contribution in [0.15, 0.2) is 42.5 Å². The summed E-state index contributed by atoms with van der Waals surface area (Å²) in [6, 6.07) is 13.8. The number of hydrogen-bond donors (Lipinski definition) is 0. The van der Waals surface area contributed by atoms with Gasteiger partial charge in [-0.15, -0.1) is 10.2 Å². The highest BCUT2D eigenvalue weighted by molar-refractivity contribution is 5.94. The highest BCUT2D eigenvalue weighted by Gasteiger charge is 2.24. The first-order valence-corrected chi connectivity index (χ1v) is 8.55. The van der Waals surface area contributed by atoms with Crippen molar-refractivity contribution in [3.63, 3.8) is 0 Å². The number of aromatic nitrogens is 3. The van der Waals surface area contributed by atoms with Gasteiger partial charge in [0, 0.05) is 37.4 Å². The maximum atomic E-state index is 12.6. The average molecular weight is 335 g/mol. The molecule has 4 rings (SSSR count). The molecule has 0 unspecified atom stereocenters. The van der Waals surface area contributed by atoms with E-state index in [1.807, 2.05) is 48.2 Å². The van der Waals surface area contributed by atoms with E-state index in [2.05, 4.69) is 32.5 Å². The van der Waals surface area contributed by atoms with Crippen LogP contribution in [-0.4, -0.2) is 51.6 Å². The van der Waals surface area contributed by atoms with E-state index in [1.54, 1.807) is 0 Å². The summed E-state index contributed by atoms with van der Waals surface area (Å²) in [5.41, 5.74) is 3.88. The lowest BCUT2D eigenvalue weighted by molar-refractivity contribution is 0.0746. The van der Waals surface area contributed by atoms with Crippen molar-refractivity contribution in [1.82, 2.24) is 19.5 Å². The second kappa shape index (κ2) is 6.20. The highest BCUT2D eigenvalue weighted by Crippen LogP contribution is 2.18. The molecule has 25 heavy (non-hydrogen) atoms. The number of piperazine rings is 1. The monoisotopic (exact) mass is 335 g/mol. The number of benzene rings is 1. The molecule has 3 aromatic rings. The van der Waals surface area contributed by atoms with E-state index < -0.39 is 0 Å². The largest absolute Gasteiger partial charge is 0.337 e. The summed E-state index contributed by atoms with van der Waals surface area (Å²) in [6.45, 7) is 6.97. The molecular weight excluding hydrogens is 314 g/mol. The molecule has 0 radical (unpaired) electrons. The average Bonchev–Trinajstić information content (AvgIpc) is 3.07. The van der Waals surface area contributed by atoms with Gasteiger partial charge in [-0.25, -0.2) is 0 Å². The summed E-state index contributed by atoms with van der Waals surface area (Å²) in [6.07, 6.45) is 0. The van der Waals surface area contributed by atoms with Crippen molar-refractivity contribution in [2.24, 2.45) is 0 Å². The van der Waals surface area contributed by atoms with Crippen LogP contribution in [0.5, 0.6) is 0 Å². The van der Waals surface area contributed by atoms with Crippen molar-refractivity contribution in [2.45, 2.75) is 13.8 Å². The van der Waals surface area contributed by atoms with Gasteiger partial charge in [0.25, 0.3) is 5.91 Å². The van der Waals surface area contributed by atoms with Gasteiger partial charge in [-0.1, -0.05) is 23.8 Å². The van der Waals surface area contributed by atoms with Crippen molar-refractivity contribution in [3.05, 3.63) is 59.3 Å². The number of rotatable bonds is 2. The van der Waals surface area contributed by atoms with E-state index in [9.17, 15) is 4.79 Å². The van der Waals surface area contributed by atoms with Crippen LogP contribution in [0.1, 0.15) is 21.6 Å². The van der Waals surface area contributed by atoms with Crippen LogP contribution >= 0.6 is 0 Å². The molecule has 0 N–H and O–H groups in total. The quantitative estimate of drug-likeness (QED) is 0.721. The van der Waals surface area contributed by atoms with Crippen LogP contribution in [0.2, 0.25) is 0 Å². The Morgan fingerprint density at radius 2 is 1.64 bits per heavy atom.